The number of carboxylic acid groups (broad SMARTS) is 2. The van der Waals surface area contributed by atoms with Crippen LogP contribution < -0.4 is 25.8 Å². The number of β-lactam (4-membered cyclic amide) rings is 1. The van der Waals surface area contributed by atoms with Crippen LogP contribution in [0.2, 0.25) is 0 Å². The van der Waals surface area contributed by atoms with Crippen LogP contribution in [0.1, 0.15) is 19.7 Å². The van der Waals surface area contributed by atoms with Gasteiger partial charge in [-0.1, -0.05) is 5.16 Å². The maximum absolute atomic E-state index is 13.2. The summed E-state index contributed by atoms with van der Waals surface area (Å²) in [6.45, 7) is 6.37. The van der Waals surface area contributed by atoms with Crippen LogP contribution in [0.5, 0.6) is 0 Å². The van der Waals surface area contributed by atoms with E-state index in [9.17, 15) is 29.4 Å². The summed E-state index contributed by atoms with van der Waals surface area (Å²) in [6.07, 6.45) is 3.77. The van der Waals surface area contributed by atoms with Gasteiger partial charge in [0.25, 0.3) is 11.8 Å². The smallest absolute Gasteiger partial charge is 0.352 e. The van der Waals surface area contributed by atoms with Gasteiger partial charge in [0.15, 0.2) is 24.1 Å². The van der Waals surface area contributed by atoms with Crippen molar-refractivity contribution >= 4 is 63.6 Å². The minimum absolute atomic E-state index is 0.0294. The fourth-order valence-corrected chi connectivity index (χ4v) is 6.41. The average Bonchev–Trinajstić information content (AvgIpc) is 3.41. The van der Waals surface area contributed by atoms with E-state index in [-0.39, 0.29) is 23.2 Å². The fourth-order valence-electron chi connectivity index (χ4n) is 4.64. The number of amides is 2. The van der Waals surface area contributed by atoms with Gasteiger partial charge in [0, 0.05) is 66.9 Å². The number of nitrogen functional groups attached to an aromatic ring is 1. The summed E-state index contributed by atoms with van der Waals surface area (Å²) >= 11 is 2.10. The van der Waals surface area contributed by atoms with E-state index in [1.54, 1.807) is 0 Å². The molecule has 0 bridgehead atoms. The highest BCUT2D eigenvalue weighted by atomic mass is 32.2. The summed E-state index contributed by atoms with van der Waals surface area (Å²) in [5.74, 6) is -4.00. The second-order valence-corrected chi connectivity index (χ2v) is 12.3. The minimum Gasteiger partial charge on any atom is -0.478 e. The van der Waals surface area contributed by atoms with Crippen molar-refractivity contribution in [1.82, 2.24) is 24.9 Å². The number of nitrogens with zero attached hydrogens (tertiary/aromatic N) is 6. The number of pyridine rings is 1. The monoisotopic (exact) mass is 632 g/mol. The van der Waals surface area contributed by atoms with Crippen molar-refractivity contribution in [2.75, 3.05) is 42.6 Å². The van der Waals surface area contributed by atoms with E-state index in [1.165, 1.54) is 30.5 Å². The first-order valence-electron chi connectivity index (χ1n) is 13.2. The lowest BCUT2D eigenvalue weighted by molar-refractivity contribution is -0.689. The number of piperazine rings is 1. The number of nitrogens with one attached hydrogen (secondary N) is 2. The zero-order valence-corrected chi connectivity index (χ0v) is 24.9. The number of fused-ring (bicyclic) bond motifs is 1. The molecule has 2 aromatic rings. The molecule has 2 unspecified atom stereocenters. The van der Waals surface area contributed by atoms with Gasteiger partial charge < -0.3 is 36.3 Å². The number of nitrogens with two attached hydrogens (primary N) is 1. The Bertz CT molecular complexity index is 1500. The summed E-state index contributed by atoms with van der Waals surface area (Å²) in [7, 11) is 0. The molecule has 2 amide bonds. The Morgan fingerprint density at radius 3 is 2.56 bits per heavy atom. The number of aromatic nitrogens is 3. The number of hydrogen-bond donors (Lipinski definition) is 5. The van der Waals surface area contributed by atoms with E-state index >= 15 is 0 Å². The van der Waals surface area contributed by atoms with Gasteiger partial charge >= 0.3 is 11.9 Å². The number of hydrogen-bond acceptors (Lipinski definition) is 13. The van der Waals surface area contributed by atoms with E-state index in [2.05, 4.69) is 30.0 Å². The molecular weight excluding hydrogens is 602 g/mol. The molecule has 2 fully saturated rings. The van der Waals surface area contributed by atoms with Crippen molar-refractivity contribution < 1.29 is 38.8 Å². The minimum atomic E-state index is -1.78. The van der Waals surface area contributed by atoms with Gasteiger partial charge in [0.05, 0.1) is 0 Å². The predicted octanol–water partition coefficient (Wildman–Crippen LogP) is -1.16. The lowest BCUT2D eigenvalue weighted by Gasteiger charge is -2.49. The molecule has 5 rings (SSSR count). The molecule has 16 nitrogen and oxygen atoms in total. The lowest BCUT2D eigenvalue weighted by Crippen LogP contribution is -2.71. The highest BCUT2D eigenvalue weighted by Crippen LogP contribution is 2.40. The van der Waals surface area contributed by atoms with Crippen molar-refractivity contribution in [3.05, 3.63) is 41.6 Å². The van der Waals surface area contributed by atoms with Crippen molar-refractivity contribution in [3.8, 4) is 0 Å². The molecule has 3 aliphatic rings. The molecule has 5 heterocycles. The summed E-state index contributed by atoms with van der Waals surface area (Å²) < 4.78 is 5.81. The highest BCUT2D eigenvalue weighted by Gasteiger charge is 2.55. The zero-order chi connectivity index (χ0) is 30.9. The summed E-state index contributed by atoms with van der Waals surface area (Å²) in [6, 6.07) is 2.89. The van der Waals surface area contributed by atoms with Crippen LogP contribution in [0.3, 0.4) is 0 Å². The van der Waals surface area contributed by atoms with Crippen molar-refractivity contribution in [3.63, 3.8) is 0 Å². The Balaban J connectivity index is 1.31. The third-order valence-electron chi connectivity index (χ3n) is 7.01. The number of carboxylic acids is 2. The fraction of sp³-hybridized carbons (Fsp3) is 0.440. The first-order valence-corrected chi connectivity index (χ1v) is 15.0. The van der Waals surface area contributed by atoms with Crippen LogP contribution >= 0.6 is 23.3 Å². The van der Waals surface area contributed by atoms with Crippen LogP contribution in [0, 0.1) is 0 Å². The molecule has 3 aliphatic heterocycles. The van der Waals surface area contributed by atoms with Crippen molar-refractivity contribution in [1.29, 1.82) is 0 Å². The van der Waals surface area contributed by atoms with Crippen LogP contribution in [0.15, 0.2) is 41.0 Å². The van der Waals surface area contributed by atoms with Crippen molar-refractivity contribution in [2.24, 2.45) is 5.16 Å². The van der Waals surface area contributed by atoms with Gasteiger partial charge in [-0.05, 0) is 13.8 Å². The zero-order valence-electron chi connectivity index (χ0n) is 23.2. The first kappa shape index (κ1) is 30.2. The van der Waals surface area contributed by atoms with Crippen LogP contribution in [-0.2, 0) is 30.6 Å². The van der Waals surface area contributed by atoms with Crippen molar-refractivity contribution in [2.45, 2.75) is 37.4 Å². The molecule has 228 valence electrons. The number of carbonyl (C=O) groups is 4. The van der Waals surface area contributed by atoms with Gasteiger partial charge in [0.1, 0.15) is 17.1 Å². The van der Waals surface area contributed by atoms with Crippen LogP contribution in [-0.4, -0.2) is 103 Å². The van der Waals surface area contributed by atoms with Crippen LogP contribution in [0.4, 0.5) is 10.8 Å². The quantitative estimate of drug-likeness (QED) is 0.0905. The molecule has 18 heteroatoms. The molecule has 0 spiro atoms. The van der Waals surface area contributed by atoms with Gasteiger partial charge in [0.2, 0.25) is 17.1 Å². The number of rotatable bonds is 10. The number of thioether (sulfide) groups is 1. The molecule has 43 heavy (non-hydrogen) atoms. The molecule has 0 saturated carbocycles. The van der Waals surface area contributed by atoms with E-state index in [1.807, 2.05) is 29.1 Å². The Labute approximate surface area is 253 Å². The molecule has 2 aromatic heterocycles. The molecule has 6 N–H and O–H groups in total. The molecular formula is C25H30N9O7S2+. The van der Waals surface area contributed by atoms with E-state index in [4.69, 9.17) is 10.6 Å². The van der Waals surface area contributed by atoms with E-state index < -0.39 is 46.5 Å². The molecule has 2 atom stereocenters. The van der Waals surface area contributed by atoms with Gasteiger partial charge in [-0.2, -0.15) is 9.36 Å². The van der Waals surface area contributed by atoms with Gasteiger partial charge in [-0.3, -0.25) is 14.5 Å². The highest BCUT2D eigenvalue weighted by molar-refractivity contribution is 8.00. The lowest BCUT2D eigenvalue weighted by atomic mass is 10.0. The number of anilines is 2. The summed E-state index contributed by atoms with van der Waals surface area (Å²) in [5, 5.41) is 28.3. The SMILES string of the molecule is CC(C)(ON=C(C(=O)NC1C(=O)N2C(C(=O)O)=C(C[n+]3ccc(N4CCNCC4)cc3)CSC12)c1nsc(N)n1)C(=O)O. The number of oxime groups is 1. The number of aliphatic carboxylic acids is 2. The predicted molar refractivity (Wildman–Crippen MR) is 155 cm³/mol. The molecule has 0 aromatic carbocycles. The second-order valence-electron chi connectivity index (χ2n) is 10.4. The maximum Gasteiger partial charge on any atom is 0.352 e. The third-order valence-corrected chi connectivity index (χ3v) is 8.90. The number of carbonyl (C=O) groups excluding carboxylic acids is 2. The Morgan fingerprint density at radius 1 is 1.26 bits per heavy atom. The van der Waals surface area contributed by atoms with Gasteiger partial charge in [-0.15, -0.1) is 11.8 Å². The third kappa shape index (κ3) is 6.25. The topological polar surface area (TPSA) is 217 Å². The summed E-state index contributed by atoms with van der Waals surface area (Å²) in [4.78, 5) is 62.6. The molecule has 0 radical (unpaired) electrons. The maximum atomic E-state index is 13.2. The van der Waals surface area contributed by atoms with Gasteiger partial charge in [-0.25, -0.2) is 14.2 Å². The van der Waals surface area contributed by atoms with Crippen LogP contribution in [0.25, 0.3) is 0 Å². The second kappa shape index (κ2) is 12.1. The molecule has 0 aliphatic carbocycles. The Hall–Kier alpha value is -4.29. The standard InChI is InChI=1S/C25H29N9O7S2/c1-25(2,23(39)40)41-30-15(18-29-24(26)43-31-18)19(35)28-16-20(36)34-17(22(37)38)13(12-42-21(16)34)11-32-7-3-14(4-8-32)33-9-5-27-6-10-33/h3-4,7-8,16,21,27H,5-6,9-12H2,1-2H3,(H4-,26,28,29,31,35,37,38,39,40)/p+1. The summed E-state index contributed by atoms with van der Waals surface area (Å²) in [5.41, 5.74) is 4.89. The first-order chi connectivity index (χ1) is 20.5. The Morgan fingerprint density at radius 2 is 1.95 bits per heavy atom. The molecule has 2 saturated heterocycles. The van der Waals surface area contributed by atoms with E-state index in [0.717, 1.165) is 43.4 Å². The average molecular weight is 633 g/mol. The normalized spacial score (nSPS) is 20.8. The van der Waals surface area contributed by atoms with E-state index in [0.29, 0.717) is 11.3 Å². The largest absolute Gasteiger partial charge is 0.478 e. The Kier molecular flexibility index (Phi) is 8.52.